The Labute approximate surface area is 137 Å². The average molecular weight is 310 g/mol. The Kier molecular flexibility index (Phi) is 5.80. The Morgan fingerprint density at radius 2 is 1.87 bits per heavy atom. The molecule has 2 aromatic rings. The van der Waals surface area contributed by atoms with E-state index in [0.29, 0.717) is 12.4 Å². The SMILES string of the molecule is C=CCOc1ccccc1NCC(=O)Nc1cc(C)cc(C)c1. The summed E-state index contributed by atoms with van der Waals surface area (Å²) >= 11 is 0. The zero-order valence-electron chi connectivity index (χ0n) is 13.6. The second-order valence-corrected chi connectivity index (χ2v) is 5.37. The van der Waals surface area contributed by atoms with Crippen molar-refractivity contribution in [2.75, 3.05) is 23.8 Å². The molecule has 0 unspecified atom stereocenters. The van der Waals surface area contributed by atoms with Crippen molar-refractivity contribution in [1.29, 1.82) is 0 Å². The smallest absolute Gasteiger partial charge is 0.243 e. The average Bonchev–Trinajstić information content (AvgIpc) is 2.50. The van der Waals surface area contributed by atoms with Crippen LogP contribution in [0.3, 0.4) is 0 Å². The lowest BCUT2D eigenvalue weighted by Gasteiger charge is -2.12. The molecule has 0 radical (unpaired) electrons. The van der Waals surface area contributed by atoms with Crippen LogP contribution in [0.1, 0.15) is 11.1 Å². The van der Waals surface area contributed by atoms with Gasteiger partial charge in [-0.05, 0) is 49.2 Å². The predicted octanol–water partition coefficient (Wildman–Crippen LogP) is 3.92. The van der Waals surface area contributed by atoms with E-state index in [2.05, 4.69) is 23.3 Å². The number of ether oxygens (including phenoxy) is 1. The maximum Gasteiger partial charge on any atom is 0.243 e. The fourth-order valence-corrected chi connectivity index (χ4v) is 2.31. The van der Waals surface area contributed by atoms with Gasteiger partial charge in [0.25, 0.3) is 0 Å². The summed E-state index contributed by atoms with van der Waals surface area (Å²) in [7, 11) is 0. The van der Waals surface area contributed by atoms with Crippen molar-refractivity contribution < 1.29 is 9.53 Å². The molecule has 0 aliphatic rings. The Bertz CT molecular complexity index is 675. The van der Waals surface area contributed by atoms with E-state index in [1.54, 1.807) is 6.08 Å². The molecule has 0 heterocycles. The van der Waals surface area contributed by atoms with Gasteiger partial charge in [0.15, 0.2) is 0 Å². The molecule has 1 amide bonds. The lowest BCUT2D eigenvalue weighted by Crippen LogP contribution is -2.22. The molecule has 2 aromatic carbocycles. The molecule has 0 saturated heterocycles. The minimum absolute atomic E-state index is 0.103. The number of carbonyl (C=O) groups is 1. The number of para-hydroxylation sites is 2. The number of amides is 1. The number of hydrogen-bond acceptors (Lipinski definition) is 3. The summed E-state index contributed by atoms with van der Waals surface area (Å²) in [5.41, 5.74) is 3.84. The van der Waals surface area contributed by atoms with Crippen molar-refractivity contribution in [3.05, 3.63) is 66.2 Å². The van der Waals surface area contributed by atoms with Crippen molar-refractivity contribution >= 4 is 17.3 Å². The number of aryl methyl sites for hydroxylation is 2. The lowest BCUT2D eigenvalue weighted by atomic mass is 10.1. The Morgan fingerprint density at radius 1 is 1.17 bits per heavy atom. The van der Waals surface area contributed by atoms with Crippen LogP contribution < -0.4 is 15.4 Å². The summed E-state index contributed by atoms with van der Waals surface area (Å²) in [6.07, 6.45) is 1.68. The van der Waals surface area contributed by atoms with E-state index < -0.39 is 0 Å². The van der Waals surface area contributed by atoms with E-state index in [4.69, 9.17) is 4.74 Å². The molecule has 23 heavy (non-hydrogen) atoms. The second-order valence-electron chi connectivity index (χ2n) is 5.37. The maximum absolute atomic E-state index is 12.1. The molecule has 0 spiro atoms. The number of nitrogens with one attached hydrogen (secondary N) is 2. The molecule has 0 aromatic heterocycles. The van der Waals surface area contributed by atoms with Crippen LogP contribution in [0.2, 0.25) is 0 Å². The van der Waals surface area contributed by atoms with Gasteiger partial charge in [-0.25, -0.2) is 0 Å². The van der Waals surface area contributed by atoms with E-state index in [9.17, 15) is 4.79 Å². The van der Waals surface area contributed by atoms with Crippen molar-refractivity contribution in [2.24, 2.45) is 0 Å². The van der Waals surface area contributed by atoms with Gasteiger partial charge in [0.2, 0.25) is 5.91 Å². The number of anilines is 2. The van der Waals surface area contributed by atoms with Gasteiger partial charge in [-0.15, -0.1) is 0 Å². The number of carbonyl (C=O) groups excluding carboxylic acids is 1. The molecule has 0 atom stereocenters. The van der Waals surface area contributed by atoms with Gasteiger partial charge < -0.3 is 15.4 Å². The summed E-state index contributed by atoms with van der Waals surface area (Å²) < 4.78 is 5.56. The van der Waals surface area contributed by atoms with Gasteiger partial charge in [0.1, 0.15) is 12.4 Å². The first-order chi connectivity index (χ1) is 11.1. The second kappa shape index (κ2) is 8.03. The molecular weight excluding hydrogens is 288 g/mol. The van der Waals surface area contributed by atoms with Crippen molar-refractivity contribution in [1.82, 2.24) is 0 Å². The molecule has 0 saturated carbocycles. The third-order valence-corrected chi connectivity index (χ3v) is 3.19. The number of rotatable bonds is 7. The summed E-state index contributed by atoms with van der Waals surface area (Å²) in [6, 6.07) is 13.5. The standard InChI is InChI=1S/C19H22N2O2/c1-4-9-23-18-8-6-5-7-17(18)20-13-19(22)21-16-11-14(2)10-15(3)12-16/h4-8,10-12,20H,1,9,13H2,2-3H3,(H,21,22). The fraction of sp³-hybridized carbons (Fsp3) is 0.211. The van der Waals surface area contributed by atoms with E-state index in [0.717, 1.165) is 22.5 Å². The van der Waals surface area contributed by atoms with Crippen LogP contribution in [0, 0.1) is 13.8 Å². The third-order valence-electron chi connectivity index (χ3n) is 3.19. The normalized spacial score (nSPS) is 10.0. The Balaban J connectivity index is 1.95. The number of benzene rings is 2. The van der Waals surface area contributed by atoms with Gasteiger partial charge in [0, 0.05) is 5.69 Å². The van der Waals surface area contributed by atoms with Gasteiger partial charge in [0.05, 0.1) is 12.2 Å². The highest BCUT2D eigenvalue weighted by Crippen LogP contribution is 2.23. The Hall–Kier alpha value is -2.75. The minimum Gasteiger partial charge on any atom is -0.487 e. The topological polar surface area (TPSA) is 50.4 Å². The molecular formula is C19H22N2O2. The molecule has 4 heteroatoms. The number of hydrogen-bond donors (Lipinski definition) is 2. The predicted molar refractivity (Wildman–Crippen MR) is 95.2 cm³/mol. The van der Waals surface area contributed by atoms with Crippen LogP contribution in [-0.2, 0) is 4.79 Å². The van der Waals surface area contributed by atoms with Crippen molar-refractivity contribution in [3.8, 4) is 5.75 Å². The first kappa shape index (κ1) is 16.6. The van der Waals surface area contributed by atoms with Gasteiger partial charge in [-0.2, -0.15) is 0 Å². The Morgan fingerprint density at radius 3 is 2.57 bits per heavy atom. The summed E-state index contributed by atoms with van der Waals surface area (Å²) in [4.78, 5) is 12.1. The first-order valence-electron chi connectivity index (χ1n) is 7.53. The van der Waals surface area contributed by atoms with Crippen LogP contribution in [0.15, 0.2) is 55.1 Å². The molecule has 2 N–H and O–H groups in total. The van der Waals surface area contributed by atoms with Gasteiger partial charge in [-0.1, -0.05) is 30.9 Å². The molecule has 120 valence electrons. The monoisotopic (exact) mass is 310 g/mol. The van der Waals surface area contributed by atoms with Crippen LogP contribution in [0.25, 0.3) is 0 Å². The zero-order chi connectivity index (χ0) is 16.7. The molecule has 0 fully saturated rings. The van der Waals surface area contributed by atoms with Crippen LogP contribution >= 0.6 is 0 Å². The zero-order valence-corrected chi connectivity index (χ0v) is 13.6. The molecule has 2 rings (SSSR count). The highest BCUT2D eigenvalue weighted by molar-refractivity contribution is 5.94. The van der Waals surface area contributed by atoms with Crippen LogP contribution in [0.5, 0.6) is 5.75 Å². The highest BCUT2D eigenvalue weighted by atomic mass is 16.5. The highest BCUT2D eigenvalue weighted by Gasteiger charge is 2.06. The fourth-order valence-electron chi connectivity index (χ4n) is 2.31. The minimum atomic E-state index is -0.103. The lowest BCUT2D eigenvalue weighted by molar-refractivity contribution is -0.114. The molecule has 0 bridgehead atoms. The van der Waals surface area contributed by atoms with E-state index in [1.165, 1.54) is 0 Å². The van der Waals surface area contributed by atoms with Crippen molar-refractivity contribution in [3.63, 3.8) is 0 Å². The first-order valence-corrected chi connectivity index (χ1v) is 7.53. The molecule has 0 aliphatic carbocycles. The van der Waals surface area contributed by atoms with Gasteiger partial charge >= 0.3 is 0 Å². The largest absolute Gasteiger partial charge is 0.487 e. The van der Waals surface area contributed by atoms with E-state index in [1.807, 2.05) is 50.2 Å². The van der Waals surface area contributed by atoms with Crippen LogP contribution in [-0.4, -0.2) is 19.1 Å². The third kappa shape index (κ3) is 5.18. The van der Waals surface area contributed by atoms with Crippen molar-refractivity contribution in [2.45, 2.75) is 13.8 Å². The van der Waals surface area contributed by atoms with Crippen LogP contribution in [0.4, 0.5) is 11.4 Å². The molecule has 4 nitrogen and oxygen atoms in total. The maximum atomic E-state index is 12.1. The van der Waals surface area contributed by atoms with E-state index in [-0.39, 0.29) is 12.5 Å². The van der Waals surface area contributed by atoms with Gasteiger partial charge in [-0.3, -0.25) is 4.79 Å². The summed E-state index contributed by atoms with van der Waals surface area (Å²) in [5, 5.41) is 6.00. The van der Waals surface area contributed by atoms with E-state index >= 15 is 0 Å². The quantitative estimate of drug-likeness (QED) is 0.762. The summed E-state index contributed by atoms with van der Waals surface area (Å²) in [5.74, 6) is 0.597. The molecule has 0 aliphatic heterocycles. The summed E-state index contributed by atoms with van der Waals surface area (Å²) in [6.45, 7) is 8.24.